The Morgan fingerprint density at radius 1 is 0.329 bits per heavy atom. The number of carbonyl (C=O) groups is 1. The van der Waals surface area contributed by atoms with Crippen molar-refractivity contribution in [2.24, 2.45) is 0 Å². The molecule has 5 N–H and O–H groups in total. The maximum absolute atomic E-state index is 12.6. The fourth-order valence-electron chi connectivity index (χ4n) is 10.7. The Kier molecular flexibility index (Phi) is 60.6. The van der Waals surface area contributed by atoms with Crippen molar-refractivity contribution in [1.29, 1.82) is 0 Å². The first-order valence-electron chi connectivity index (χ1n) is 33.2. The van der Waals surface area contributed by atoms with E-state index < -0.39 is 36.9 Å². The third-order valence-electron chi connectivity index (χ3n) is 15.9. The average Bonchev–Trinajstić information content (AvgIpc) is 3.40. The van der Waals surface area contributed by atoms with E-state index in [1.165, 1.54) is 302 Å². The second-order valence-corrected chi connectivity index (χ2v) is 23.2. The SMILES string of the molecule is CCCCCCCCCCCCCC/C=C\CCCCCCCCCCCCCCCCCC(O)C(=O)NC(CO)C(O)C(O)CCC/C=C/CCCCCCCCCCCCCCCCCCCCCCC. The Labute approximate surface area is 456 Å². The monoisotopic (exact) mass is 1030 g/mol. The molecule has 0 spiro atoms. The van der Waals surface area contributed by atoms with Crippen molar-refractivity contribution in [2.45, 2.75) is 391 Å². The fraction of sp³-hybridized carbons (Fsp3) is 0.925. The first-order valence-corrected chi connectivity index (χ1v) is 33.2. The molecule has 0 heterocycles. The number of hydrogen-bond donors (Lipinski definition) is 5. The summed E-state index contributed by atoms with van der Waals surface area (Å²) in [6.45, 7) is 4.10. The van der Waals surface area contributed by atoms with Crippen molar-refractivity contribution in [3.63, 3.8) is 0 Å². The van der Waals surface area contributed by atoms with Gasteiger partial charge in [0.05, 0.1) is 18.8 Å². The minimum atomic E-state index is -1.28. The molecule has 0 aromatic heterocycles. The fourth-order valence-corrected chi connectivity index (χ4v) is 10.7. The largest absolute Gasteiger partial charge is 0.394 e. The topological polar surface area (TPSA) is 110 Å². The molecule has 1 amide bonds. The second kappa shape index (κ2) is 61.6. The van der Waals surface area contributed by atoms with Crippen molar-refractivity contribution in [3.05, 3.63) is 24.3 Å². The molecule has 6 heteroatoms. The average molecular weight is 1030 g/mol. The first-order chi connectivity index (χ1) is 36.0. The van der Waals surface area contributed by atoms with Crippen molar-refractivity contribution < 1.29 is 25.2 Å². The van der Waals surface area contributed by atoms with Gasteiger partial charge in [-0.25, -0.2) is 0 Å². The number of hydrogen-bond acceptors (Lipinski definition) is 5. The second-order valence-electron chi connectivity index (χ2n) is 23.2. The molecule has 0 aliphatic heterocycles. The van der Waals surface area contributed by atoms with Gasteiger partial charge in [0.15, 0.2) is 0 Å². The minimum absolute atomic E-state index is 0.366. The smallest absolute Gasteiger partial charge is 0.249 e. The molecule has 0 saturated carbocycles. The van der Waals surface area contributed by atoms with Crippen LogP contribution in [0, 0.1) is 0 Å². The number of amides is 1. The molecule has 0 aromatic rings. The lowest BCUT2D eigenvalue weighted by atomic mass is 10.00. The lowest BCUT2D eigenvalue weighted by Crippen LogP contribution is -2.53. The molecule has 6 nitrogen and oxygen atoms in total. The van der Waals surface area contributed by atoms with E-state index in [2.05, 4.69) is 43.5 Å². The maximum Gasteiger partial charge on any atom is 0.249 e. The molecule has 0 fully saturated rings. The summed E-state index contributed by atoms with van der Waals surface area (Å²) in [4.78, 5) is 12.6. The molecule has 0 rings (SSSR count). The van der Waals surface area contributed by atoms with Gasteiger partial charge in [0, 0.05) is 0 Å². The summed E-state index contributed by atoms with van der Waals surface area (Å²) in [5.41, 5.74) is 0. The zero-order valence-electron chi connectivity index (χ0n) is 49.4. The van der Waals surface area contributed by atoms with Gasteiger partial charge in [-0.2, -0.15) is 0 Å². The number of aliphatic hydroxyl groups excluding tert-OH is 4. The summed E-state index contributed by atoms with van der Waals surface area (Å²) >= 11 is 0. The first kappa shape index (κ1) is 71.8. The molecule has 434 valence electrons. The van der Waals surface area contributed by atoms with Crippen LogP contribution in [0.2, 0.25) is 0 Å². The molecular formula is C67H131NO5. The van der Waals surface area contributed by atoms with Gasteiger partial charge >= 0.3 is 0 Å². The van der Waals surface area contributed by atoms with E-state index in [0.29, 0.717) is 12.8 Å². The van der Waals surface area contributed by atoms with E-state index in [1.807, 2.05) is 0 Å². The van der Waals surface area contributed by atoms with E-state index in [9.17, 15) is 25.2 Å². The van der Waals surface area contributed by atoms with Gasteiger partial charge in [-0.1, -0.05) is 327 Å². The highest BCUT2D eigenvalue weighted by molar-refractivity contribution is 5.80. The van der Waals surface area contributed by atoms with Gasteiger partial charge in [-0.15, -0.1) is 0 Å². The third kappa shape index (κ3) is 55.4. The van der Waals surface area contributed by atoms with Crippen LogP contribution in [-0.2, 0) is 4.79 Å². The number of rotatable bonds is 62. The van der Waals surface area contributed by atoms with E-state index in [-0.39, 0.29) is 0 Å². The van der Waals surface area contributed by atoms with Crippen molar-refractivity contribution in [3.8, 4) is 0 Å². The molecule has 73 heavy (non-hydrogen) atoms. The van der Waals surface area contributed by atoms with Crippen LogP contribution in [0.3, 0.4) is 0 Å². The molecule has 0 aromatic carbocycles. The van der Waals surface area contributed by atoms with Gasteiger partial charge in [0.25, 0.3) is 0 Å². The molecule has 0 radical (unpaired) electrons. The minimum Gasteiger partial charge on any atom is -0.394 e. The molecular weight excluding hydrogens is 899 g/mol. The quantitative estimate of drug-likeness (QED) is 0.0308. The van der Waals surface area contributed by atoms with Crippen molar-refractivity contribution in [2.75, 3.05) is 6.61 Å². The highest BCUT2D eigenvalue weighted by atomic mass is 16.3. The van der Waals surface area contributed by atoms with Crippen LogP contribution in [0.5, 0.6) is 0 Å². The number of aliphatic hydroxyl groups is 4. The molecule has 4 atom stereocenters. The normalized spacial score (nSPS) is 13.7. The lowest BCUT2D eigenvalue weighted by Gasteiger charge is -2.27. The number of nitrogens with one attached hydrogen (secondary N) is 1. The third-order valence-corrected chi connectivity index (χ3v) is 15.9. The predicted octanol–water partition coefficient (Wildman–Crippen LogP) is 20.2. The molecule has 0 saturated heterocycles. The van der Waals surface area contributed by atoms with Gasteiger partial charge < -0.3 is 25.7 Å². The van der Waals surface area contributed by atoms with E-state index >= 15 is 0 Å². The lowest BCUT2D eigenvalue weighted by molar-refractivity contribution is -0.132. The van der Waals surface area contributed by atoms with Crippen LogP contribution >= 0.6 is 0 Å². The van der Waals surface area contributed by atoms with Crippen LogP contribution in [0.4, 0.5) is 0 Å². The molecule has 0 aliphatic carbocycles. The molecule has 0 aliphatic rings. The number of carbonyl (C=O) groups excluding carboxylic acids is 1. The van der Waals surface area contributed by atoms with Crippen LogP contribution in [0.25, 0.3) is 0 Å². The summed E-state index contributed by atoms with van der Waals surface area (Å²) in [7, 11) is 0. The maximum atomic E-state index is 12.6. The Morgan fingerprint density at radius 2 is 0.562 bits per heavy atom. The van der Waals surface area contributed by atoms with Crippen molar-refractivity contribution in [1.82, 2.24) is 5.32 Å². The molecule has 4 unspecified atom stereocenters. The van der Waals surface area contributed by atoms with Gasteiger partial charge in [-0.3, -0.25) is 4.79 Å². The summed E-state index contributed by atoms with van der Waals surface area (Å²) in [5.74, 6) is -0.587. The van der Waals surface area contributed by atoms with Crippen LogP contribution < -0.4 is 5.32 Å². The Bertz CT molecular complexity index is 1110. The summed E-state index contributed by atoms with van der Waals surface area (Å²) in [5, 5.41) is 44.1. The number of unbranched alkanes of at least 4 members (excludes halogenated alkanes) is 49. The summed E-state index contributed by atoms with van der Waals surface area (Å²) in [6.07, 6.45) is 77.2. The Hall–Kier alpha value is -1.21. The highest BCUT2D eigenvalue weighted by Crippen LogP contribution is 2.19. The Morgan fingerprint density at radius 3 is 0.822 bits per heavy atom. The van der Waals surface area contributed by atoms with Crippen LogP contribution in [0.15, 0.2) is 24.3 Å². The van der Waals surface area contributed by atoms with E-state index in [0.717, 1.165) is 38.5 Å². The summed E-state index contributed by atoms with van der Waals surface area (Å²) < 4.78 is 0. The van der Waals surface area contributed by atoms with E-state index in [1.54, 1.807) is 0 Å². The van der Waals surface area contributed by atoms with Gasteiger partial charge in [0.1, 0.15) is 12.2 Å². The molecule has 0 bridgehead atoms. The predicted molar refractivity (Wildman–Crippen MR) is 321 cm³/mol. The van der Waals surface area contributed by atoms with Gasteiger partial charge in [-0.05, 0) is 64.2 Å². The number of allylic oxidation sites excluding steroid dienone is 4. The zero-order chi connectivity index (χ0) is 53.0. The summed E-state index contributed by atoms with van der Waals surface area (Å²) in [6, 6.07) is -1.00. The van der Waals surface area contributed by atoms with Crippen LogP contribution in [0.1, 0.15) is 367 Å². The van der Waals surface area contributed by atoms with E-state index in [4.69, 9.17) is 0 Å². The standard InChI is InChI=1S/C67H131NO5/c1-3-5-7-9-11-13-15-17-19-21-23-25-27-29-31-32-33-34-35-37-39-41-43-45-47-49-51-53-55-57-59-61-65(71)67(73)68-63(62-69)66(72)64(70)60-58-56-54-52-50-48-46-44-42-40-38-36-30-28-26-24-22-20-18-16-14-12-10-8-6-4-2/h29,31,52,54,63-66,69-72H,3-28,30,32-51,53,55-62H2,1-2H3,(H,68,73)/b31-29-,54-52+. The van der Waals surface area contributed by atoms with Gasteiger partial charge in [0.2, 0.25) is 5.91 Å². The van der Waals surface area contributed by atoms with Crippen LogP contribution in [-0.4, -0.2) is 57.3 Å². The van der Waals surface area contributed by atoms with Crippen molar-refractivity contribution >= 4 is 5.91 Å². The zero-order valence-corrected chi connectivity index (χ0v) is 49.4. The highest BCUT2D eigenvalue weighted by Gasteiger charge is 2.28. The Balaban J connectivity index is 3.58.